The summed E-state index contributed by atoms with van der Waals surface area (Å²) in [6, 6.07) is 11.7. The number of nitrogens with zero attached hydrogens (tertiary/aromatic N) is 5. The zero-order valence-electron chi connectivity index (χ0n) is 19.1. The van der Waals surface area contributed by atoms with Crippen LogP contribution in [0.5, 0.6) is 0 Å². The van der Waals surface area contributed by atoms with Crippen molar-refractivity contribution in [2.75, 3.05) is 5.32 Å². The van der Waals surface area contributed by atoms with E-state index >= 15 is 0 Å². The Hall–Kier alpha value is -4.99. The number of hydrogen-bond acceptors (Lipinski definition) is 6. The van der Waals surface area contributed by atoms with Crippen molar-refractivity contribution in [2.24, 2.45) is 0 Å². The summed E-state index contributed by atoms with van der Waals surface area (Å²) in [6.07, 6.45) is 7.05. The molecule has 5 aromatic heterocycles. The first-order valence-corrected chi connectivity index (χ1v) is 11.3. The van der Waals surface area contributed by atoms with Crippen molar-refractivity contribution in [1.82, 2.24) is 35.1 Å². The summed E-state index contributed by atoms with van der Waals surface area (Å²) in [6.45, 7) is 1.79. The Balaban J connectivity index is 1.42. The SMILES string of the molecule is CCC(=O)Nc1cncc(-c2cc3c(-c4nc5c(-c6ccc(F)cc6)nccc5[nH]4)n[nH]c3cn2)c1. The maximum absolute atomic E-state index is 13.4. The van der Waals surface area contributed by atoms with E-state index in [0.29, 0.717) is 40.5 Å². The second-order valence-electron chi connectivity index (χ2n) is 8.20. The number of anilines is 1. The Kier molecular flexibility index (Phi) is 5.18. The second-order valence-corrected chi connectivity index (χ2v) is 8.20. The number of benzene rings is 1. The van der Waals surface area contributed by atoms with Gasteiger partial charge in [0.2, 0.25) is 5.91 Å². The summed E-state index contributed by atoms with van der Waals surface area (Å²) in [4.78, 5) is 33.1. The van der Waals surface area contributed by atoms with Gasteiger partial charge in [-0.05, 0) is 42.5 Å². The lowest BCUT2D eigenvalue weighted by Crippen LogP contribution is -2.09. The molecule has 0 radical (unpaired) electrons. The molecule has 6 rings (SSSR count). The number of carbonyl (C=O) groups is 1. The van der Waals surface area contributed by atoms with Crippen LogP contribution in [-0.2, 0) is 4.79 Å². The molecule has 1 aromatic carbocycles. The molecule has 0 aliphatic carbocycles. The van der Waals surface area contributed by atoms with Crippen LogP contribution in [0.25, 0.3) is 56.0 Å². The highest BCUT2D eigenvalue weighted by Crippen LogP contribution is 2.32. The molecule has 5 heterocycles. The van der Waals surface area contributed by atoms with E-state index in [1.165, 1.54) is 12.1 Å². The van der Waals surface area contributed by atoms with Crippen molar-refractivity contribution in [3.63, 3.8) is 0 Å². The van der Waals surface area contributed by atoms with E-state index in [-0.39, 0.29) is 11.7 Å². The summed E-state index contributed by atoms with van der Waals surface area (Å²) in [5.74, 6) is 0.162. The molecule has 0 saturated carbocycles. The van der Waals surface area contributed by atoms with Crippen LogP contribution in [0.1, 0.15) is 13.3 Å². The molecule has 0 aliphatic rings. The molecule has 0 atom stereocenters. The number of hydrogen-bond donors (Lipinski definition) is 3. The summed E-state index contributed by atoms with van der Waals surface area (Å²) in [5.41, 5.74) is 6.26. The third kappa shape index (κ3) is 3.84. The van der Waals surface area contributed by atoms with E-state index in [0.717, 1.165) is 27.5 Å². The molecular formula is C26H19FN8O. The minimum atomic E-state index is -0.311. The molecule has 3 N–H and O–H groups in total. The molecule has 0 spiro atoms. The monoisotopic (exact) mass is 478 g/mol. The molecule has 0 bridgehead atoms. The summed E-state index contributed by atoms with van der Waals surface area (Å²) in [7, 11) is 0. The first-order chi connectivity index (χ1) is 17.6. The average Bonchev–Trinajstić information content (AvgIpc) is 3.53. The third-order valence-corrected chi connectivity index (χ3v) is 5.83. The lowest BCUT2D eigenvalue weighted by atomic mass is 10.1. The number of pyridine rings is 3. The molecule has 9 nitrogen and oxygen atoms in total. The third-order valence-electron chi connectivity index (χ3n) is 5.83. The highest BCUT2D eigenvalue weighted by Gasteiger charge is 2.17. The van der Waals surface area contributed by atoms with E-state index in [1.807, 2.05) is 18.2 Å². The van der Waals surface area contributed by atoms with Gasteiger partial charge in [-0.25, -0.2) is 9.37 Å². The summed E-state index contributed by atoms with van der Waals surface area (Å²) in [5, 5.41) is 11.1. The van der Waals surface area contributed by atoms with Gasteiger partial charge in [0, 0.05) is 35.3 Å². The molecule has 0 unspecified atom stereocenters. The Bertz CT molecular complexity index is 1740. The maximum Gasteiger partial charge on any atom is 0.224 e. The van der Waals surface area contributed by atoms with Gasteiger partial charge in [0.15, 0.2) is 5.82 Å². The molecule has 6 aromatic rings. The lowest BCUT2D eigenvalue weighted by molar-refractivity contribution is -0.115. The van der Waals surface area contributed by atoms with Crippen molar-refractivity contribution < 1.29 is 9.18 Å². The van der Waals surface area contributed by atoms with Gasteiger partial charge in [0.25, 0.3) is 0 Å². The van der Waals surface area contributed by atoms with Gasteiger partial charge in [-0.2, -0.15) is 5.10 Å². The first kappa shape index (κ1) is 21.5. The van der Waals surface area contributed by atoms with Crippen molar-refractivity contribution in [1.29, 1.82) is 0 Å². The number of fused-ring (bicyclic) bond motifs is 2. The normalized spacial score (nSPS) is 11.3. The van der Waals surface area contributed by atoms with Crippen LogP contribution in [0, 0.1) is 5.82 Å². The number of aromatic nitrogens is 7. The van der Waals surface area contributed by atoms with E-state index in [9.17, 15) is 9.18 Å². The minimum Gasteiger partial charge on any atom is -0.336 e. The number of nitrogens with one attached hydrogen (secondary N) is 3. The number of amides is 1. The Labute approximate surface area is 203 Å². The number of halogens is 1. The fourth-order valence-electron chi connectivity index (χ4n) is 4.02. The highest BCUT2D eigenvalue weighted by atomic mass is 19.1. The highest BCUT2D eigenvalue weighted by molar-refractivity contribution is 5.97. The topological polar surface area (TPSA) is 125 Å². The van der Waals surface area contributed by atoms with Gasteiger partial charge >= 0.3 is 0 Å². The van der Waals surface area contributed by atoms with Crippen LogP contribution in [-0.4, -0.2) is 41.0 Å². The predicted molar refractivity (Wildman–Crippen MR) is 134 cm³/mol. The molecule has 1 amide bonds. The molecule has 10 heteroatoms. The molecule has 176 valence electrons. The Morgan fingerprint density at radius 2 is 1.83 bits per heavy atom. The molecule has 0 saturated heterocycles. The van der Waals surface area contributed by atoms with Gasteiger partial charge in [-0.3, -0.25) is 24.8 Å². The van der Waals surface area contributed by atoms with Crippen molar-refractivity contribution >= 4 is 33.5 Å². The lowest BCUT2D eigenvalue weighted by Gasteiger charge is -2.06. The fourth-order valence-corrected chi connectivity index (χ4v) is 4.02. The number of aromatic amines is 2. The van der Waals surface area contributed by atoms with Crippen LogP contribution < -0.4 is 5.32 Å². The second kappa shape index (κ2) is 8.66. The summed E-state index contributed by atoms with van der Waals surface area (Å²) >= 11 is 0. The van der Waals surface area contributed by atoms with Crippen molar-refractivity contribution in [2.45, 2.75) is 13.3 Å². The van der Waals surface area contributed by atoms with Crippen LogP contribution in [0.4, 0.5) is 10.1 Å². The van der Waals surface area contributed by atoms with Gasteiger partial charge in [0.1, 0.15) is 17.0 Å². The van der Waals surface area contributed by atoms with E-state index in [2.05, 4.69) is 35.5 Å². The number of rotatable bonds is 5. The van der Waals surface area contributed by atoms with Crippen LogP contribution in [0.15, 0.2) is 67.3 Å². The maximum atomic E-state index is 13.4. The van der Waals surface area contributed by atoms with E-state index < -0.39 is 0 Å². The number of H-pyrrole nitrogens is 2. The Morgan fingerprint density at radius 3 is 2.67 bits per heavy atom. The molecule has 36 heavy (non-hydrogen) atoms. The van der Waals surface area contributed by atoms with E-state index in [1.54, 1.807) is 43.8 Å². The quantitative estimate of drug-likeness (QED) is 0.316. The van der Waals surface area contributed by atoms with Crippen molar-refractivity contribution in [3.8, 4) is 34.0 Å². The van der Waals surface area contributed by atoms with E-state index in [4.69, 9.17) is 4.98 Å². The molecule has 0 fully saturated rings. The van der Waals surface area contributed by atoms with Crippen LogP contribution >= 0.6 is 0 Å². The smallest absolute Gasteiger partial charge is 0.224 e. The molecule has 0 aliphatic heterocycles. The zero-order valence-corrected chi connectivity index (χ0v) is 19.1. The minimum absolute atomic E-state index is 0.0890. The van der Waals surface area contributed by atoms with Gasteiger partial charge < -0.3 is 10.3 Å². The first-order valence-electron chi connectivity index (χ1n) is 11.3. The number of carbonyl (C=O) groups excluding carboxylic acids is 1. The van der Waals surface area contributed by atoms with Crippen LogP contribution in [0.2, 0.25) is 0 Å². The molecular weight excluding hydrogens is 459 g/mol. The van der Waals surface area contributed by atoms with Crippen LogP contribution in [0.3, 0.4) is 0 Å². The van der Waals surface area contributed by atoms with Crippen molar-refractivity contribution in [3.05, 3.63) is 73.1 Å². The summed E-state index contributed by atoms with van der Waals surface area (Å²) < 4.78 is 13.4. The standard InChI is InChI=1S/C26H19FN8O/c1-2-22(36)31-17-9-15(11-28-12-17)20-10-18-21(13-30-20)34-35-24(18)26-32-19-7-8-29-23(25(19)33-26)14-3-5-16(27)6-4-14/h3-13H,2H2,1H3,(H,31,36)(H,32,33)(H,34,35). The number of imidazole rings is 1. The van der Waals surface area contributed by atoms with Gasteiger partial charge in [-0.15, -0.1) is 0 Å². The van der Waals surface area contributed by atoms with Gasteiger partial charge in [-0.1, -0.05) is 6.92 Å². The predicted octanol–water partition coefficient (Wildman–Crippen LogP) is 5.11. The average molecular weight is 478 g/mol. The zero-order chi connectivity index (χ0) is 24.6. The Morgan fingerprint density at radius 1 is 0.972 bits per heavy atom. The fraction of sp³-hybridized carbons (Fsp3) is 0.0769. The largest absolute Gasteiger partial charge is 0.336 e. The van der Waals surface area contributed by atoms with Gasteiger partial charge in [0.05, 0.1) is 40.5 Å².